The fourth-order valence-corrected chi connectivity index (χ4v) is 2.78. The van der Waals surface area contributed by atoms with Crippen LogP contribution in [0.5, 0.6) is 0 Å². The Morgan fingerprint density at radius 2 is 1.68 bits per heavy atom. The minimum Gasteiger partial charge on any atom is -0.481 e. The molecule has 0 aliphatic heterocycles. The number of nitrogens with one attached hydrogen (secondary N) is 1. The Labute approximate surface area is 120 Å². The predicted molar refractivity (Wildman–Crippen MR) is 75.9 cm³/mol. The Morgan fingerprint density at radius 3 is 2.26 bits per heavy atom. The first-order valence-electron chi connectivity index (χ1n) is 6.36. The van der Waals surface area contributed by atoms with Crippen molar-refractivity contribution in [1.82, 2.24) is 0 Å². The van der Waals surface area contributed by atoms with Crippen molar-refractivity contribution in [2.45, 2.75) is 25.7 Å². The van der Waals surface area contributed by atoms with Crippen molar-refractivity contribution in [1.29, 1.82) is 0 Å². The quantitative estimate of drug-likeness (QED) is 0.896. The molecule has 0 unspecified atom stereocenters. The van der Waals surface area contributed by atoms with Crippen LogP contribution in [-0.4, -0.2) is 17.0 Å². The van der Waals surface area contributed by atoms with Gasteiger partial charge in [-0.25, -0.2) is 0 Å². The van der Waals surface area contributed by atoms with Crippen LogP contribution >= 0.6 is 15.9 Å². The zero-order valence-corrected chi connectivity index (χ0v) is 12.0. The van der Waals surface area contributed by atoms with Crippen LogP contribution < -0.4 is 5.32 Å². The van der Waals surface area contributed by atoms with E-state index in [4.69, 9.17) is 5.11 Å². The zero-order chi connectivity index (χ0) is 13.8. The van der Waals surface area contributed by atoms with Crippen LogP contribution in [0.25, 0.3) is 0 Å². The van der Waals surface area contributed by atoms with Gasteiger partial charge >= 0.3 is 5.97 Å². The number of rotatable bonds is 3. The van der Waals surface area contributed by atoms with E-state index in [2.05, 4.69) is 21.2 Å². The van der Waals surface area contributed by atoms with Crippen molar-refractivity contribution in [2.24, 2.45) is 11.8 Å². The molecule has 1 aliphatic rings. The number of carbonyl (C=O) groups excluding carboxylic acids is 1. The summed E-state index contributed by atoms with van der Waals surface area (Å²) in [6, 6.07) is 7.46. The molecule has 4 nitrogen and oxygen atoms in total. The molecule has 19 heavy (non-hydrogen) atoms. The van der Waals surface area contributed by atoms with Crippen LogP contribution in [0.2, 0.25) is 0 Å². The molecule has 0 spiro atoms. The summed E-state index contributed by atoms with van der Waals surface area (Å²) in [5.74, 6) is -1.13. The number of carboxylic acid groups (broad SMARTS) is 1. The highest BCUT2D eigenvalue weighted by molar-refractivity contribution is 9.10. The molecule has 0 atom stereocenters. The topological polar surface area (TPSA) is 66.4 Å². The fraction of sp³-hybridized carbons (Fsp3) is 0.429. The second-order valence-corrected chi connectivity index (χ2v) is 5.71. The molecule has 2 N–H and O–H groups in total. The van der Waals surface area contributed by atoms with E-state index < -0.39 is 5.97 Å². The Bertz CT molecular complexity index is 481. The minimum absolute atomic E-state index is 0.0178. The molecule has 0 radical (unpaired) electrons. The number of benzene rings is 1. The molecule has 1 amide bonds. The van der Waals surface area contributed by atoms with Gasteiger partial charge in [-0.2, -0.15) is 0 Å². The maximum absolute atomic E-state index is 12.1. The first-order valence-corrected chi connectivity index (χ1v) is 7.15. The van der Waals surface area contributed by atoms with Gasteiger partial charge in [0.1, 0.15) is 0 Å². The van der Waals surface area contributed by atoms with Gasteiger partial charge in [0.25, 0.3) is 0 Å². The predicted octanol–water partition coefficient (Wildman–Crippen LogP) is 3.28. The van der Waals surface area contributed by atoms with Crippen molar-refractivity contribution in [3.63, 3.8) is 0 Å². The van der Waals surface area contributed by atoms with Gasteiger partial charge < -0.3 is 10.4 Å². The average Bonchev–Trinajstić information content (AvgIpc) is 2.41. The Balaban J connectivity index is 1.92. The molecule has 1 fully saturated rings. The Hall–Kier alpha value is -1.36. The molecule has 0 bridgehead atoms. The highest BCUT2D eigenvalue weighted by Crippen LogP contribution is 2.30. The van der Waals surface area contributed by atoms with E-state index in [1.165, 1.54) is 0 Å². The van der Waals surface area contributed by atoms with Crippen LogP contribution in [0.1, 0.15) is 25.7 Å². The third kappa shape index (κ3) is 3.56. The summed E-state index contributed by atoms with van der Waals surface area (Å²) in [5, 5.41) is 11.8. The number of hydrogen-bond donors (Lipinski definition) is 2. The van der Waals surface area contributed by atoms with Gasteiger partial charge in [0, 0.05) is 10.4 Å². The van der Waals surface area contributed by atoms with Crippen molar-refractivity contribution in [3.8, 4) is 0 Å². The lowest BCUT2D eigenvalue weighted by Crippen LogP contribution is -2.29. The zero-order valence-electron chi connectivity index (χ0n) is 10.4. The molecule has 1 aliphatic carbocycles. The summed E-state index contributed by atoms with van der Waals surface area (Å²) in [6.45, 7) is 0. The van der Waals surface area contributed by atoms with Gasteiger partial charge in [0.15, 0.2) is 0 Å². The maximum atomic E-state index is 12.1. The maximum Gasteiger partial charge on any atom is 0.306 e. The summed E-state index contributed by atoms with van der Waals surface area (Å²) >= 11 is 3.38. The van der Waals surface area contributed by atoms with E-state index in [1.807, 2.05) is 24.3 Å². The lowest BCUT2D eigenvalue weighted by molar-refractivity contribution is -0.143. The fourth-order valence-electron chi connectivity index (χ4n) is 2.40. The summed E-state index contributed by atoms with van der Waals surface area (Å²) < 4.78 is 0.850. The molecule has 1 aromatic carbocycles. The van der Waals surface area contributed by atoms with Gasteiger partial charge in [-0.3, -0.25) is 9.59 Å². The van der Waals surface area contributed by atoms with Crippen molar-refractivity contribution >= 4 is 33.5 Å². The summed E-state index contributed by atoms with van der Waals surface area (Å²) in [5.41, 5.74) is 0.757. The monoisotopic (exact) mass is 325 g/mol. The third-order valence-electron chi connectivity index (χ3n) is 3.58. The third-order valence-corrected chi connectivity index (χ3v) is 4.27. The van der Waals surface area contributed by atoms with Gasteiger partial charge in [0.05, 0.1) is 11.6 Å². The summed E-state index contributed by atoms with van der Waals surface area (Å²) in [4.78, 5) is 23.0. The molecule has 0 aromatic heterocycles. The number of carbonyl (C=O) groups is 2. The number of halogens is 1. The van der Waals surface area contributed by atoms with E-state index in [-0.39, 0.29) is 17.7 Å². The second-order valence-electron chi connectivity index (χ2n) is 4.86. The van der Waals surface area contributed by atoms with Gasteiger partial charge in [-0.15, -0.1) is 0 Å². The highest BCUT2D eigenvalue weighted by Gasteiger charge is 2.29. The van der Waals surface area contributed by atoms with E-state index >= 15 is 0 Å². The number of amides is 1. The van der Waals surface area contributed by atoms with Crippen LogP contribution in [-0.2, 0) is 9.59 Å². The van der Waals surface area contributed by atoms with E-state index in [9.17, 15) is 9.59 Å². The van der Waals surface area contributed by atoms with Crippen LogP contribution in [0.3, 0.4) is 0 Å². The number of anilines is 1. The smallest absolute Gasteiger partial charge is 0.306 e. The first-order chi connectivity index (χ1) is 9.08. The minimum atomic E-state index is -0.746. The molecule has 2 rings (SSSR count). The van der Waals surface area contributed by atoms with Crippen molar-refractivity contribution < 1.29 is 14.7 Å². The second kappa shape index (κ2) is 6.19. The molecule has 1 aromatic rings. The lowest BCUT2D eigenvalue weighted by Gasteiger charge is -2.25. The number of para-hydroxylation sites is 1. The van der Waals surface area contributed by atoms with Gasteiger partial charge in [-0.1, -0.05) is 12.1 Å². The van der Waals surface area contributed by atoms with Gasteiger partial charge in [-0.05, 0) is 53.7 Å². The molecule has 0 saturated heterocycles. The molecule has 5 heteroatoms. The SMILES string of the molecule is O=C(O)C1CCC(C(=O)Nc2ccccc2Br)CC1. The molecular formula is C14H16BrNO3. The Morgan fingerprint density at radius 1 is 1.11 bits per heavy atom. The van der Waals surface area contributed by atoms with Crippen molar-refractivity contribution in [3.05, 3.63) is 28.7 Å². The molecule has 1 saturated carbocycles. The van der Waals surface area contributed by atoms with Crippen LogP contribution in [0, 0.1) is 11.8 Å². The van der Waals surface area contributed by atoms with Gasteiger partial charge in [0.2, 0.25) is 5.91 Å². The van der Waals surface area contributed by atoms with Crippen LogP contribution in [0.4, 0.5) is 5.69 Å². The highest BCUT2D eigenvalue weighted by atomic mass is 79.9. The summed E-state index contributed by atoms with van der Waals surface area (Å²) in [7, 11) is 0. The lowest BCUT2D eigenvalue weighted by atomic mass is 9.81. The molecule has 0 heterocycles. The van der Waals surface area contributed by atoms with Crippen molar-refractivity contribution in [2.75, 3.05) is 5.32 Å². The standard InChI is InChI=1S/C14H16BrNO3/c15-11-3-1-2-4-12(11)16-13(17)9-5-7-10(8-6-9)14(18)19/h1-4,9-10H,5-8H2,(H,16,17)(H,18,19). The average molecular weight is 326 g/mol. The number of aliphatic carboxylic acids is 1. The number of hydrogen-bond acceptors (Lipinski definition) is 2. The largest absolute Gasteiger partial charge is 0.481 e. The first kappa shape index (κ1) is 14.1. The Kier molecular flexibility index (Phi) is 4.58. The van der Waals surface area contributed by atoms with E-state index in [0.717, 1.165) is 10.2 Å². The normalized spacial score (nSPS) is 22.8. The van der Waals surface area contributed by atoms with Crippen LogP contribution in [0.15, 0.2) is 28.7 Å². The molecule has 102 valence electrons. The van der Waals surface area contributed by atoms with E-state index in [1.54, 1.807) is 0 Å². The number of carboxylic acids is 1. The van der Waals surface area contributed by atoms with E-state index in [0.29, 0.717) is 25.7 Å². The molecular weight excluding hydrogens is 310 g/mol. The summed E-state index contributed by atoms with van der Waals surface area (Å²) in [6.07, 6.45) is 2.47.